The number of alkyl halides is 3. The minimum Gasteiger partial charge on any atom is -0.460 e. The summed E-state index contributed by atoms with van der Waals surface area (Å²) in [5, 5.41) is 0. The number of ether oxygens (including phenoxy) is 4. The smallest absolute Gasteiger partial charge is 0.400 e. The Balaban J connectivity index is 1.12. The van der Waals surface area contributed by atoms with E-state index < -0.39 is 30.5 Å². The Kier molecular flexibility index (Phi) is 9.20. The van der Waals surface area contributed by atoms with Crippen molar-refractivity contribution >= 4 is 0 Å². The topological polar surface area (TPSA) is 36.9 Å². The molecule has 0 atom stereocenters. The highest BCUT2D eigenvalue weighted by molar-refractivity contribution is 5.66. The van der Waals surface area contributed by atoms with Gasteiger partial charge in [0.1, 0.15) is 11.6 Å². The molecule has 0 spiro atoms. The number of benzene rings is 2. The lowest BCUT2D eigenvalue weighted by atomic mass is 9.69. The van der Waals surface area contributed by atoms with E-state index in [0.29, 0.717) is 36.5 Å². The molecule has 1 aliphatic heterocycles. The van der Waals surface area contributed by atoms with Crippen LogP contribution in [0, 0.1) is 41.2 Å². The lowest BCUT2D eigenvalue weighted by Crippen LogP contribution is -2.40. The van der Waals surface area contributed by atoms with Crippen molar-refractivity contribution in [2.75, 3.05) is 20.1 Å². The van der Waals surface area contributed by atoms with E-state index in [0.717, 1.165) is 63.9 Å². The van der Waals surface area contributed by atoms with Gasteiger partial charge in [-0.1, -0.05) is 13.0 Å². The first-order valence-corrected chi connectivity index (χ1v) is 14.3. The Bertz CT molecular complexity index is 1120. The average molecular weight is 569 g/mol. The molecule has 3 aliphatic rings. The third-order valence-electron chi connectivity index (χ3n) is 8.85. The molecule has 2 aromatic carbocycles. The van der Waals surface area contributed by atoms with Crippen molar-refractivity contribution in [2.45, 2.75) is 70.7 Å². The predicted molar refractivity (Wildman–Crippen MR) is 140 cm³/mol. The highest BCUT2D eigenvalue weighted by Crippen LogP contribution is 2.46. The lowest BCUT2D eigenvalue weighted by molar-refractivity contribution is -0.229. The molecule has 0 bridgehead atoms. The summed E-state index contributed by atoms with van der Waals surface area (Å²) in [7, 11) is 0. The number of rotatable bonds is 8. The molecule has 9 heteroatoms. The Labute approximate surface area is 232 Å². The van der Waals surface area contributed by atoms with Crippen LogP contribution in [0.5, 0.6) is 11.5 Å². The van der Waals surface area contributed by atoms with Gasteiger partial charge in [-0.2, -0.15) is 8.78 Å². The Morgan fingerprint density at radius 2 is 1.43 bits per heavy atom. The Hall–Kier alpha value is -2.39. The summed E-state index contributed by atoms with van der Waals surface area (Å²) in [4.78, 5) is 0. The molecule has 5 rings (SSSR count). The normalized spacial score (nSPS) is 29.6. The van der Waals surface area contributed by atoms with Crippen molar-refractivity contribution in [1.82, 2.24) is 0 Å². The first-order chi connectivity index (χ1) is 19.2. The van der Waals surface area contributed by atoms with E-state index in [1.807, 2.05) is 0 Å². The first kappa shape index (κ1) is 29.1. The molecular formula is C31H37F5O4. The second-order valence-electron chi connectivity index (χ2n) is 11.6. The fourth-order valence-electron chi connectivity index (χ4n) is 6.58. The molecule has 0 N–H and O–H groups in total. The van der Waals surface area contributed by atoms with Crippen LogP contribution in [-0.2, 0) is 9.47 Å². The maximum absolute atomic E-state index is 15.1. The molecule has 1 heterocycles. The van der Waals surface area contributed by atoms with E-state index in [1.165, 1.54) is 24.3 Å². The van der Waals surface area contributed by atoms with Crippen molar-refractivity contribution in [1.29, 1.82) is 0 Å². The fraction of sp³-hybridized carbons (Fsp3) is 0.613. The third kappa shape index (κ3) is 6.73. The fourth-order valence-corrected chi connectivity index (χ4v) is 6.58. The largest absolute Gasteiger partial charge is 0.460 e. The van der Waals surface area contributed by atoms with Crippen LogP contribution in [0.1, 0.15) is 58.3 Å². The summed E-state index contributed by atoms with van der Waals surface area (Å²) in [5.41, 5.74) is 0.174. The molecule has 0 amide bonds. The zero-order valence-electron chi connectivity index (χ0n) is 22.7. The number of halogens is 5. The molecule has 4 nitrogen and oxygen atoms in total. The molecule has 2 aromatic rings. The monoisotopic (exact) mass is 568 g/mol. The van der Waals surface area contributed by atoms with Gasteiger partial charge in [0.25, 0.3) is 0 Å². The summed E-state index contributed by atoms with van der Waals surface area (Å²) in [6, 6.07) is 6.96. The van der Waals surface area contributed by atoms with Crippen LogP contribution in [0.4, 0.5) is 22.0 Å². The summed E-state index contributed by atoms with van der Waals surface area (Å²) in [6.45, 7) is 2.41. The van der Waals surface area contributed by atoms with Gasteiger partial charge in [-0.05, 0) is 93.0 Å². The van der Waals surface area contributed by atoms with Gasteiger partial charge >= 0.3 is 6.11 Å². The van der Waals surface area contributed by atoms with Crippen LogP contribution in [-0.4, -0.2) is 32.5 Å². The van der Waals surface area contributed by atoms with E-state index in [4.69, 9.17) is 14.2 Å². The standard InChI is InChI=1S/C31H37F5O4/c1-19-16-37-30(38-17-19)22-4-2-20(3-5-22)21-6-9-24(10-7-21)31(35,36)40-25-11-12-26(27(33)15-25)23-8-13-29(39-18-32)28(34)14-23/h8,11-15,19-22,24,30H,2-7,9-10,16-18H2,1H3. The van der Waals surface area contributed by atoms with Gasteiger partial charge in [-0.25, -0.2) is 13.2 Å². The highest BCUT2D eigenvalue weighted by atomic mass is 19.3. The van der Waals surface area contributed by atoms with Gasteiger partial charge in [0.05, 0.1) is 19.1 Å². The maximum Gasteiger partial charge on any atom is 0.400 e. The summed E-state index contributed by atoms with van der Waals surface area (Å²) < 4.78 is 92.7. The molecule has 0 unspecified atom stereocenters. The summed E-state index contributed by atoms with van der Waals surface area (Å²) in [6.07, 6.45) is 2.89. The van der Waals surface area contributed by atoms with Gasteiger partial charge in [0, 0.05) is 23.5 Å². The average Bonchev–Trinajstić information content (AvgIpc) is 2.95. The Morgan fingerprint density at radius 1 is 0.800 bits per heavy atom. The van der Waals surface area contributed by atoms with E-state index in [9.17, 15) is 13.2 Å². The second kappa shape index (κ2) is 12.6. The van der Waals surface area contributed by atoms with Crippen molar-refractivity contribution in [2.24, 2.45) is 29.6 Å². The lowest BCUT2D eigenvalue weighted by Gasteiger charge is -2.41. The second-order valence-corrected chi connectivity index (χ2v) is 11.6. The maximum atomic E-state index is 15.1. The number of hydrogen-bond donors (Lipinski definition) is 0. The first-order valence-electron chi connectivity index (χ1n) is 14.3. The van der Waals surface area contributed by atoms with Crippen molar-refractivity contribution in [3.05, 3.63) is 48.0 Å². The zero-order valence-corrected chi connectivity index (χ0v) is 22.7. The van der Waals surface area contributed by atoms with Crippen LogP contribution in [0.15, 0.2) is 36.4 Å². The Morgan fingerprint density at radius 3 is 2.02 bits per heavy atom. The molecule has 220 valence electrons. The summed E-state index contributed by atoms with van der Waals surface area (Å²) in [5.74, 6) is -1.39. The molecule has 3 fully saturated rings. The van der Waals surface area contributed by atoms with Gasteiger partial charge in [-0.3, -0.25) is 0 Å². The molecular weight excluding hydrogens is 531 g/mol. The van der Waals surface area contributed by atoms with Crippen LogP contribution in [0.2, 0.25) is 0 Å². The van der Waals surface area contributed by atoms with Gasteiger partial charge < -0.3 is 18.9 Å². The van der Waals surface area contributed by atoms with Crippen molar-refractivity contribution < 1.29 is 40.9 Å². The van der Waals surface area contributed by atoms with Crippen LogP contribution < -0.4 is 9.47 Å². The minimum absolute atomic E-state index is 0.00719. The summed E-state index contributed by atoms with van der Waals surface area (Å²) >= 11 is 0. The molecule has 0 radical (unpaired) electrons. The van der Waals surface area contributed by atoms with Crippen molar-refractivity contribution in [3.63, 3.8) is 0 Å². The third-order valence-corrected chi connectivity index (χ3v) is 8.85. The van der Waals surface area contributed by atoms with Gasteiger partial charge in [0.2, 0.25) is 6.86 Å². The van der Waals surface area contributed by atoms with Crippen LogP contribution in [0.25, 0.3) is 11.1 Å². The number of hydrogen-bond acceptors (Lipinski definition) is 4. The van der Waals surface area contributed by atoms with E-state index >= 15 is 8.78 Å². The van der Waals surface area contributed by atoms with Crippen LogP contribution >= 0.6 is 0 Å². The molecule has 2 aliphatic carbocycles. The van der Waals surface area contributed by atoms with Gasteiger partial charge in [0.15, 0.2) is 17.9 Å². The molecule has 0 aromatic heterocycles. The van der Waals surface area contributed by atoms with E-state index in [-0.39, 0.29) is 28.9 Å². The quantitative estimate of drug-likeness (QED) is 0.299. The van der Waals surface area contributed by atoms with Crippen LogP contribution in [0.3, 0.4) is 0 Å². The molecule has 40 heavy (non-hydrogen) atoms. The zero-order chi connectivity index (χ0) is 28.3. The van der Waals surface area contributed by atoms with E-state index in [2.05, 4.69) is 11.7 Å². The SMILES string of the molecule is CC1COC(C2CCC(C3CCC(C(F)(F)Oc4ccc(-c5ccc(OCF)c(F)c5)c(F)c4)CC3)CC2)OC1. The predicted octanol–water partition coefficient (Wildman–Crippen LogP) is 8.53. The molecule has 1 saturated heterocycles. The molecule has 2 saturated carbocycles. The highest BCUT2D eigenvalue weighted by Gasteiger charge is 2.45. The van der Waals surface area contributed by atoms with Crippen molar-refractivity contribution in [3.8, 4) is 22.6 Å². The van der Waals surface area contributed by atoms with Gasteiger partial charge in [-0.15, -0.1) is 0 Å². The van der Waals surface area contributed by atoms with E-state index in [1.54, 1.807) is 0 Å². The minimum atomic E-state index is -3.43.